The molecule has 1 N–H and O–H groups in total. The molecule has 0 saturated heterocycles. The average molecular weight is 270 g/mol. The summed E-state index contributed by atoms with van der Waals surface area (Å²) >= 11 is 2.03. The van der Waals surface area contributed by atoms with E-state index in [1.54, 1.807) is 0 Å². The molecule has 2 aliphatic rings. The number of hydrogen-bond donors (Lipinski definition) is 1. The van der Waals surface area contributed by atoms with Gasteiger partial charge in [-0.15, -0.1) is 0 Å². The van der Waals surface area contributed by atoms with Crippen LogP contribution < -0.4 is 5.32 Å². The van der Waals surface area contributed by atoms with Crippen LogP contribution in [0.25, 0.3) is 0 Å². The molecule has 0 aromatic carbocycles. The molecule has 0 spiro atoms. The summed E-state index contributed by atoms with van der Waals surface area (Å²) in [4.78, 5) is 14.0. The lowest BCUT2D eigenvalue weighted by Crippen LogP contribution is -2.46. The van der Waals surface area contributed by atoms with Gasteiger partial charge in [0, 0.05) is 24.4 Å². The lowest BCUT2D eigenvalue weighted by molar-refractivity contribution is 0.184. The van der Waals surface area contributed by atoms with Crippen LogP contribution in [0.1, 0.15) is 46.0 Å². The van der Waals surface area contributed by atoms with Crippen molar-refractivity contribution < 1.29 is 4.79 Å². The zero-order valence-electron chi connectivity index (χ0n) is 11.8. The van der Waals surface area contributed by atoms with Gasteiger partial charge in [0.25, 0.3) is 0 Å². The lowest BCUT2D eigenvalue weighted by atomic mass is 10.2. The first kappa shape index (κ1) is 14.0. The van der Waals surface area contributed by atoms with E-state index in [1.807, 2.05) is 23.7 Å². The Hall–Kier alpha value is -0.380. The smallest absolute Gasteiger partial charge is 0.317 e. The van der Waals surface area contributed by atoms with Gasteiger partial charge in [-0.25, -0.2) is 4.79 Å². The monoisotopic (exact) mass is 270 g/mol. The normalized spacial score (nSPS) is 29.1. The summed E-state index contributed by atoms with van der Waals surface area (Å²) in [6.45, 7) is 4.38. The van der Waals surface area contributed by atoms with Gasteiger partial charge in [-0.05, 0) is 50.7 Å². The van der Waals surface area contributed by atoms with Crippen molar-refractivity contribution in [3.8, 4) is 0 Å². The van der Waals surface area contributed by atoms with Gasteiger partial charge < -0.3 is 10.2 Å². The van der Waals surface area contributed by atoms with Gasteiger partial charge >= 0.3 is 6.03 Å². The molecule has 2 amide bonds. The van der Waals surface area contributed by atoms with Crippen molar-refractivity contribution >= 4 is 17.8 Å². The van der Waals surface area contributed by atoms with Crippen LogP contribution >= 0.6 is 11.8 Å². The van der Waals surface area contributed by atoms with E-state index in [-0.39, 0.29) is 6.03 Å². The van der Waals surface area contributed by atoms with Crippen LogP contribution in [0.15, 0.2) is 0 Å². The van der Waals surface area contributed by atoms with Gasteiger partial charge in [-0.1, -0.05) is 6.92 Å². The predicted molar refractivity (Wildman–Crippen MR) is 78.0 cm³/mol. The van der Waals surface area contributed by atoms with Gasteiger partial charge in [0.1, 0.15) is 0 Å². The van der Waals surface area contributed by atoms with Crippen molar-refractivity contribution in [2.45, 2.75) is 63.3 Å². The summed E-state index contributed by atoms with van der Waals surface area (Å²) in [6, 6.07) is 0.921. The molecule has 4 heteroatoms. The molecule has 0 aromatic heterocycles. The molecule has 0 aromatic rings. The molecule has 3 atom stereocenters. The first-order valence-corrected chi connectivity index (χ1v) is 8.31. The Kier molecular flexibility index (Phi) is 4.82. The Balaban J connectivity index is 1.73. The van der Waals surface area contributed by atoms with Crippen molar-refractivity contribution in [1.29, 1.82) is 0 Å². The molecular weight excluding hydrogens is 244 g/mol. The van der Waals surface area contributed by atoms with Gasteiger partial charge in [0.15, 0.2) is 0 Å². The van der Waals surface area contributed by atoms with Crippen LogP contribution in [0.3, 0.4) is 0 Å². The Labute approximate surface area is 115 Å². The molecule has 18 heavy (non-hydrogen) atoms. The van der Waals surface area contributed by atoms with E-state index in [0.29, 0.717) is 12.1 Å². The highest BCUT2D eigenvalue weighted by Crippen LogP contribution is 2.35. The highest BCUT2D eigenvalue weighted by Gasteiger charge is 2.33. The van der Waals surface area contributed by atoms with Gasteiger partial charge in [-0.3, -0.25) is 0 Å². The highest BCUT2D eigenvalue weighted by atomic mass is 32.2. The highest BCUT2D eigenvalue weighted by molar-refractivity contribution is 7.99. The fourth-order valence-corrected chi connectivity index (χ4v) is 3.96. The van der Waals surface area contributed by atoms with Crippen molar-refractivity contribution in [3.05, 3.63) is 0 Å². The molecule has 3 unspecified atom stereocenters. The van der Waals surface area contributed by atoms with Gasteiger partial charge in [0.05, 0.1) is 0 Å². The minimum absolute atomic E-state index is 0.126. The first-order chi connectivity index (χ1) is 8.61. The zero-order chi connectivity index (χ0) is 13.1. The van der Waals surface area contributed by atoms with Crippen LogP contribution in [0.2, 0.25) is 0 Å². The van der Waals surface area contributed by atoms with Crippen LogP contribution in [0, 0.1) is 5.92 Å². The third-order valence-electron chi connectivity index (χ3n) is 4.35. The molecule has 104 valence electrons. The number of nitrogens with one attached hydrogen (secondary N) is 1. The topological polar surface area (TPSA) is 32.3 Å². The largest absolute Gasteiger partial charge is 0.335 e. The maximum Gasteiger partial charge on any atom is 0.317 e. The summed E-state index contributed by atoms with van der Waals surface area (Å²) in [6.07, 6.45) is 6.13. The third-order valence-corrected chi connectivity index (χ3v) is 5.58. The summed E-state index contributed by atoms with van der Waals surface area (Å²) in [5.74, 6) is 1.93. The molecule has 0 aliphatic heterocycles. The Morgan fingerprint density at radius 1 is 1.39 bits per heavy atom. The van der Waals surface area contributed by atoms with Crippen molar-refractivity contribution in [1.82, 2.24) is 10.2 Å². The number of carbonyl (C=O) groups is 1. The number of rotatable bonds is 5. The number of hydrogen-bond acceptors (Lipinski definition) is 2. The number of urea groups is 1. The standard InChI is InChI=1S/C14H26N2OS/c1-4-18-13-8-7-12(9-13)15-14(17)16(3)10(2)11-5-6-11/h10-13H,4-9H2,1-3H3,(H,15,17). The number of amides is 2. The second-order valence-corrected chi connectivity index (χ2v) is 7.30. The summed E-state index contributed by atoms with van der Waals surface area (Å²) in [7, 11) is 1.94. The molecular formula is C14H26N2OS. The Morgan fingerprint density at radius 3 is 2.72 bits per heavy atom. The fraction of sp³-hybridized carbons (Fsp3) is 0.929. The molecule has 2 saturated carbocycles. The van der Waals surface area contributed by atoms with Crippen LogP contribution in [0.5, 0.6) is 0 Å². The number of nitrogens with zero attached hydrogens (tertiary/aromatic N) is 1. The minimum Gasteiger partial charge on any atom is -0.335 e. The van der Waals surface area contributed by atoms with Crippen LogP contribution in [-0.2, 0) is 0 Å². The molecule has 2 fully saturated rings. The van der Waals surface area contributed by atoms with E-state index >= 15 is 0 Å². The first-order valence-electron chi connectivity index (χ1n) is 7.26. The summed E-state index contributed by atoms with van der Waals surface area (Å²) < 4.78 is 0. The van der Waals surface area contributed by atoms with E-state index in [0.717, 1.165) is 24.0 Å². The second-order valence-electron chi connectivity index (χ2n) is 5.73. The average Bonchev–Trinajstić information content (AvgIpc) is 3.11. The van der Waals surface area contributed by atoms with Gasteiger partial charge in [0.2, 0.25) is 0 Å². The number of thioether (sulfide) groups is 1. The van der Waals surface area contributed by atoms with E-state index in [2.05, 4.69) is 19.2 Å². The van der Waals surface area contributed by atoms with Gasteiger partial charge in [-0.2, -0.15) is 11.8 Å². The maximum absolute atomic E-state index is 12.1. The Morgan fingerprint density at radius 2 is 2.11 bits per heavy atom. The van der Waals surface area contributed by atoms with E-state index in [1.165, 1.54) is 25.0 Å². The van der Waals surface area contributed by atoms with E-state index in [4.69, 9.17) is 0 Å². The Bertz CT molecular complexity index is 294. The second kappa shape index (κ2) is 6.18. The zero-order valence-corrected chi connectivity index (χ0v) is 12.6. The van der Waals surface area contributed by atoms with Crippen molar-refractivity contribution in [2.24, 2.45) is 5.92 Å². The SMILES string of the molecule is CCSC1CCC(NC(=O)N(C)C(C)C2CC2)C1. The van der Waals surface area contributed by atoms with E-state index < -0.39 is 0 Å². The van der Waals surface area contributed by atoms with Crippen LogP contribution in [0.4, 0.5) is 4.79 Å². The molecule has 0 heterocycles. The quantitative estimate of drug-likeness (QED) is 0.832. The molecule has 3 nitrogen and oxygen atoms in total. The maximum atomic E-state index is 12.1. The van der Waals surface area contributed by atoms with Crippen molar-refractivity contribution in [3.63, 3.8) is 0 Å². The molecule has 2 aliphatic carbocycles. The third kappa shape index (κ3) is 3.56. The molecule has 0 radical (unpaired) electrons. The fourth-order valence-electron chi connectivity index (χ4n) is 2.81. The predicted octanol–water partition coefficient (Wildman–Crippen LogP) is 3.10. The molecule has 2 rings (SSSR count). The van der Waals surface area contributed by atoms with E-state index in [9.17, 15) is 4.79 Å². The van der Waals surface area contributed by atoms with Crippen LogP contribution in [-0.4, -0.2) is 41.1 Å². The number of carbonyl (C=O) groups excluding carboxylic acids is 1. The lowest BCUT2D eigenvalue weighted by Gasteiger charge is -2.27. The molecule has 0 bridgehead atoms. The minimum atomic E-state index is 0.126. The van der Waals surface area contributed by atoms with Crippen molar-refractivity contribution in [2.75, 3.05) is 12.8 Å². The summed E-state index contributed by atoms with van der Waals surface area (Å²) in [5, 5.41) is 3.96. The summed E-state index contributed by atoms with van der Waals surface area (Å²) in [5.41, 5.74) is 0.